The van der Waals surface area contributed by atoms with E-state index in [2.05, 4.69) is 5.32 Å². The van der Waals surface area contributed by atoms with Crippen LogP contribution in [0.3, 0.4) is 0 Å². The molecule has 0 aliphatic heterocycles. The van der Waals surface area contributed by atoms with Crippen molar-refractivity contribution in [2.45, 2.75) is 31.6 Å². The molecule has 102 valence electrons. The molecule has 1 aliphatic carbocycles. The Morgan fingerprint density at radius 3 is 2.79 bits per heavy atom. The quantitative estimate of drug-likeness (QED) is 0.783. The molecule has 1 fully saturated rings. The minimum atomic E-state index is -0.0299. The third kappa shape index (κ3) is 4.28. The van der Waals surface area contributed by atoms with E-state index >= 15 is 0 Å². The van der Waals surface area contributed by atoms with E-state index < -0.39 is 0 Å². The molecule has 5 heteroatoms. The molecule has 0 saturated heterocycles. The topological polar surface area (TPSA) is 66.4 Å². The Balaban J connectivity index is 1.85. The van der Waals surface area contributed by atoms with Crippen LogP contribution in [-0.2, 0) is 10.5 Å². The highest BCUT2D eigenvalue weighted by molar-refractivity contribution is 7.99. The normalized spacial score (nSPS) is 14.2. The lowest BCUT2D eigenvalue weighted by Gasteiger charge is -2.07. The number of rotatable bonds is 6. The van der Waals surface area contributed by atoms with Crippen LogP contribution in [0.1, 0.15) is 35.7 Å². The van der Waals surface area contributed by atoms with Gasteiger partial charge in [-0.1, -0.05) is 0 Å². The highest BCUT2D eigenvalue weighted by Crippen LogP contribution is 2.24. The summed E-state index contributed by atoms with van der Waals surface area (Å²) in [6.07, 6.45) is 2.16. The largest absolute Gasteiger partial charge is 0.508 e. The molecular formula is C14H17NO3S. The number of Topliss-reactive ketones (excluding diaryl/α,β-unsaturated/α-hetero) is 1. The Labute approximate surface area is 116 Å². The Morgan fingerprint density at radius 2 is 2.16 bits per heavy atom. The van der Waals surface area contributed by atoms with E-state index in [-0.39, 0.29) is 17.4 Å². The number of thioether (sulfide) groups is 1. The van der Waals surface area contributed by atoms with Gasteiger partial charge in [-0.15, -0.1) is 11.8 Å². The molecule has 1 saturated carbocycles. The first-order valence-electron chi connectivity index (χ1n) is 6.26. The number of carbonyl (C=O) groups excluding carboxylic acids is 2. The molecule has 1 aromatic carbocycles. The van der Waals surface area contributed by atoms with Crippen molar-refractivity contribution in [3.05, 3.63) is 29.3 Å². The van der Waals surface area contributed by atoms with Crippen LogP contribution in [0.5, 0.6) is 5.75 Å². The third-order valence-corrected chi connectivity index (χ3v) is 3.90. The van der Waals surface area contributed by atoms with Crippen LogP contribution in [0, 0.1) is 0 Å². The van der Waals surface area contributed by atoms with Crippen molar-refractivity contribution >= 4 is 23.5 Å². The van der Waals surface area contributed by atoms with Gasteiger partial charge in [0.2, 0.25) is 5.91 Å². The molecule has 19 heavy (non-hydrogen) atoms. The van der Waals surface area contributed by atoms with Crippen LogP contribution in [0.4, 0.5) is 0 Å². The molecule has 0 heterocycles. The first-order chi connectivity index (χ1) is 9.06. The molecule has 0 atom stereocenters. The van der Waals surface area contributed by atoms with E-state index in [1.165, 1.54) is 24.8 Å². The van der Waals surface area contributed by atoms with E-state index in [4.69, 9.17) is 0 Å². The molecule has 0 unspecified atom stereocenters. The standard InChI is InChI=1S/C14H17NO3S/c1-9(16)10-2-5-13(17)11(6-10)7-19-8-14(18)15-12-3-4-12/h2,5-6,12,17H,3-4,7-8H2,1H3,(H,15,18). The van der Waals surface area contributed by atoms with E-state index in [0.29, 0.717) is 28.7 Å². The molecule has 4 nitrogen and oxygen atoms in total. The Morgan fingerprint density at radius 1 is 1.42 bits per heavy atom. The number of phenols is 1. The van der Waals surface area contributed by atoms with Crippen LogP contribution in [0.2, 0.25) is 0 Å². The number of amides is 1. The van der Waals surface area contributed by atoms with E-state index in [1.54, 1.807) is 12.1 Å². The van der Waals surface area contributed by atoms with Crippen LogP contribution >= 0.6 is 11.8 Å². The molecule has 0 aromatic heterocycles. The van der Waals surface area contributed by atoms with Gasteiger partial charge in [0.15, 0.2) is 5.78 Å². The van der Waals surface area contributed by atoms with Gasteiger partial charge in [0.25, 0.3) is 0 Å². The van der Waals surface area contributed by atoms with Gasteiger partial charge in [0, 0.05) is 22.9 Å². The van der Waals surface area contributed by atoms with E-state index in [1.807, 2.05) is 0 Å². The summed E-state index contributed by atoms with van der Waals surface area (Å²) in [6.45, 7) is 1.49. The average Bonchev–Trinajstić information content (AvgIpc) is 3.15. The van der Waals surface area contributed by atoms with Crippen LogP contribution in [0.15, 0.2) is 18.2 Å². The van der Waals surface area contributed by atoms with Crippen LogP contribution in [-0.4, -0.2) is 28.6 Å². The number of benzene rings is 1. The molecule has 0 bridgehead atoms. The van der Waals surface area contributed by atoms with Gasteiger partial charge in [-0.05, 0) is 38.0 Å². The van der Waals surface area contributed by atoms with Gasteiger partial charge in [0.1, 0.15) is 5.75 Å². The van der Waals surface area contributed by atoms with Crippen LogP contribution in [0.25, 0.3) is 0 Å². The molecule has 1 aromatic rings. The highest BCUT2D eigenvalue weighted by atomic mass is 32.2. The molecule has 2 rings (SSSR count). The second-order valence-corrected chi connectivity index (χ2v) is 5.72. The van der Waals surface area contributed by atoms with E-state index in [9.17, 15) is 14.7 Å². The molecule has 1 amide bonds. The fraction of sp³-hybridized carbons (Fsp3) is 0.429. The maximum absolute atomic E-state index is 11.5. The average molecular weight is 279 g/mol. The predicted octanol–water partition coefficient (Wildman–Crippen LogP) is 2.11. The highest BCUT2D eigenvalue weighted by Gasteiger charge is 2.22. The van der Waals surface area contributed by atoms with Gasteiger partial charge < -0.3 is 10.4 Å². The molecule has 2 N–H and O–H groups in total. The van der Waals surface area contributed by atoms with Crippen molar-refractivity contribution in [3.8, 4) is 5.75 Å². The van der Waals surface area contributed by atoms with Gasteiger partial charge in [-0.25, -0.2) is 0 Å². The Hall–Kier alpha value is -1.49. The SMILES string of the molecule is CC(=O)c1ccc(O)c(CSCC(=O)NC2CC2)c1. The maximum Gasteiger partial charge on any atom is 0.230 e. The number of ketones is 1. The van der Waals surface area contributed by atoms with Gasteiger partial charge in [0.05, 0.1) is 5.75 Å². The summed E-state index contributed by atoms with van der Waals surface area (Å²) in [6, 6.07) is 5.19. The zero-order valence-electron chi connectivity index (χ0n) is 10.8. The number of carbonyl (C=O) groups is 2. The van der Waals surface area contributed by atoms with Crippen molar-refractivity contribution in [2.24, 2.45) is 0 Å². The lowest BCUT2D eigenvalue weighted by molar-refractivity contribution is -0.118. The van der Waals surface area contributed by atoms with Crippen molar-refractivity contribution in [1.29, 1.82) is 0 Å². The predicted molar refractivity (Wildman–Crippen MR) is 75.4 cm³/mol. The lowest BCUT2D eigenvalue weighted by atomic mass is 10.1. The van der Waals surface area contributed by atoms with Crippen molar-refractivity contribution in [3.63, 3.8) is 0 Å². The van der Waals surface area contributed by atoms with Gasteiger partial charge in [-0.2, -0.15) is 0 Å². The first kappa shape index (κ1) is 13.9. The summed E-state index contributed by atoms with van der Waals surface area (Å²) in [4.78, 5) is 22.8. The Bertz CT molecular complexity index is 497. The zero-order chi connectivity index (χ0) is 13.8. The Kier molecular flexibility index (Phi) is 4.47. The van der Waals surface area contributed by atoms with Crippen molar-refractivity contribution in [2.75, 3.05) is 5.75 Å². The number of hydrogen-bond acceptors (Lipinski definition) is 4. The maximum atomic E-state index is 11.5. The fourth-order valence-corrected chi connectivity index (χ4v) is 2.49. The smallest absolute Gasteiger partial charge is 0.230 e. The summed E-state index contributed by atoms with van der Waals surface area (Å²) in [7, 11) is 0. The lowest BCUT2D eigenvalue weighted by Crippen LogP contribution is -2.27. The first-order valence-corrected chi connectivity index (χ1v) is 7.41. The second kappa shape index (κ2) is 6.10. The fourth-order valence-electron chi connectivity index (χ4n) is 1.67. The van der Waals surface area contributed by atoms with Crippen molar-refractivity contribution < 1.29 is 14.7 Å². The number of phenolic OH excluding ortho intramolecular Hbond substituents is 1. The zero-order valence-corrected chi connectivity index (χ0v) is 11.6. The van der Waals surface area contributed by atoms with Gasteiger partial charge in [-0.3, -0.25) is 9.59 Å². The molecule has 0 spiro atoms. The number of aromatic hydroxyl groups is 1. The van der Waals surface area contributed by atoms with Crippen molar-refractivity contribution in [1.82, 2.24) is 5.32 Å². The van der Waals surface area contributed by atoms with E-state index in [0.717, 1.165) is 12.8 Å². The number of hydrogen-bond donors (Lipinski definition) is 2. The molecule has 0 radical (unpaired) electrons. The minimum absolute atomic E-state index is 0.0299. The summed E-state index contributed by atoms with van der Waals surface area (Å²) >= 11 is 1.44. The van der Waals surface area contributed by atoms with Gasteiger partial charge >= 0.3 is 0 Å². The number of nitrogens with one attached hydrogen (secondary N) is 1. The summed E-state index contributed by atoms with van der Waals surface area (Å²) in [5.74, 6) is 1.07. The minimum Gasteiger partial charge on any atom is -0.508 e. The monoisotopic (exact) mass is 279 g/mol. The summed E-state index contributed by atoms with van der Waals surface area (Å²) in [5, 5.41) is 12.6. The third-order valence-electron chi connectivity index (χ3n) is 2.92. The summed E-state index contributed by atoms with van der Waals surface area (Å²) in [5.41, 5.74) is 1.27. The molecule has 1 aliphatic rings. The van der Waals surface area contributed by atoms with Crippen LogP contribution < -0.4 is 5.32 Å². The second-order valence-electron chi connectivity index (χ2n) is 4.73. The summed E-state index contributed by atoms with van der Waals surface area (Å²) < 4.78 is 0. The molecular weight excluding hydrogens is 262 g/mol.